The predicted molar refractivity (Wildman–Crippen MR) is 102 cm³/mol. The Balaban J connectivity index is 1.98. The molecule has 1 heterocycles. The second kappa shape index (κ2) is 9.52. The fourth-order valence-corrected chi connectivity index (χ4v) is 3.44. The van der Waals surface area contributed by atoms with E-state index in [0.29, 0.717) is 0 Å². The summed E-state index contributed by atoms with van der Waals surface area (Å²) in [5.41, 5.74) is 1.95. The third-order valence-corrected chi connectivity index (χ3v) is 5.55. The Morgan fingerprint density at radius 3 is 2.55 bits per heavy atom. The second-order valence-electron chi connectivity index (χ2n) is 6.22. The van der Waals surface area contributed by atoms with Crippen molar-refractivity contribution in [1.29, 1.82) is 0 Å². The molecule has 0 saturated carbocycles. The van der Waals surface area contributed by atoms with Gasteiger partial charge in [0.05, 0.1) is 29.3 Å². The van der Waals surface area contributed by atoms with Crippen LogP contribution in [0.15, 0.2) is 34.4 Å². The molecule has 11 heteroatoms. The molecular weight excluding hydrogens is 402 g/mol. The third-order valence-electron chi connectivity index (χ3n) is 4.15. The first-order valence-corrected chi connectivity index (χ1v) is 10.3. The van der Waals surface area contributed by atoms with Crippen molar-refractivity contribution in [2.75, 3.05) is 26.3 Å². The monoisotopic (exact) mass is 425 g/mol. The molecule has 0 aromatic heterocycles. The Kier molecular flexibility index (Phi) is 7.35. The molecule has 1 aromatic rings. The van der Waals surface area contributed by atoms with Gasteiger partial charge in [0.1, 0.15) is 13.2 Å². The number of urea groups is 1. The van der Waals surface area contributed by atoms with Gasteiger partial charge in [0.2, 0.25) is 10.0 Å². The van der Waals surface area contributed by atoms with Gasteiger partial charge < -0.3 is 20.1 Å². The number of aryl methyl sites for hydroxylation is 2. The van der Waals surface area contributed by atoms with Gasteiger partial charge in [0, 0.05) is 0 Å². The van der Waals surface area contributed by atoms with Crippen molar-refractivity contribution in [2.24, 2.45) is 0 Å². The third kappa shape index (κ3) is 6.03. The summed E-state index contributed by atoms with van der Waals surface area (Å²) < 4.78 is 36.7. The molecule has 1 aliphatic rings. The van der Waals surface area contributed by atoms with Gasteiger partial charge in [-0.3, -0.25) is 4.79 Å². The van der Waals surface area contributed by atoms with Crippen LogP contribution in [0.5, 0.6) is 0 Å². The molecule has 29 heavy (non-hydrogen) atoms. The molecule has 0 fully saturated rings. The van der Waals surface area contributed by atoms with Crippen LogP contribution >= 0.6 is 0 Å². The minimum atomic E-state index is -3.89. The van der Waals surface area contributed by atoms with E-state index in [1.165, 1.54) is 12.1 Å². The van der Waals surface area contributed by atoms with Gasteiger partial charge in [-0.15, -0.1) is 0 Å². The Bertz CT molecular complexity index is 954. The fourth-order valence-electron chi connectivity index (χ4n) is 2.39. The zero-order chi connectivity index (χ0) is 21.6. The Morgan fingerprint density at radius 2 is 1.90 bits per heavy atom. The van der Waals surface area contributed by atoms with Gasteiger partial charge in [-0.05, 0) is 44.0 Å². The highest BCUT2D eigenvalue weighted by Crippen LogP contribution is 2.14. The van der Waals surface area contributed by atoms with Crippen LogP contribution in [0.25, 0.3) is 0 Å². The number of ether oxygens (including phenoxy) is 2. The van der Waals surface area contributed by atoms with E-state index in [9.17, 15) is 22.8 Å². The highest BCUT2D eigenvalue weighted by molar-refractivity contribution is 7.89. The number of carbonyl (C=O) groups is 3. The van der Waals surface area contributed by atoms with Crippen LogP contribution in [0.1, 0.15) is 18.1 Å². The fraction of sp³-hybridized carbons (Fsp3) is 0.389. The number of benzene rings is 1. The minimum absolute atomic E-state index is 0.0336. The number of hydrogen-bond donors (Lipinski definition) is 3. The predicted octanol–water partition coefficient (Wildman–Crippen LogP) is 0.255. The second-order valence-corrected chi connectivity index (χ2v) is 7.98. The van der Waals surface area contributed by atoms with E-state index < -0.39 is 41.1 Å². The van der Waals surface area contributed by atoms with Gasteiger partial charge in [0.25, 0.3) is 0 Å². The minimum Gasteiger partial charge on any atom is -0.463 e. The van der Waals surface area contributed by atoms with Gasteiger partial charge in [0.15, 0.2) is 0 Å². The normalized spacial score (nSPS) is 14.1. The van der Waals surface area contributed by atoms with Crippen molar-refractivity contribution >= 4 is 28.0 Å². The zero-order valence-corrected chi connectivity index (χ0v) is 17.1. The van der Waals surface area contributed by atoms with Crippen molar-refractivity contribution in [3.63, 3.8) is 0 Å². The van der Waals surface area contributed by atoms with Crippen molar-refractivity contribution in [3.8, 4) is 0 Å². The molecule has 0 aliphatic carbocycles. The number of hydrogen-bond acceptors (Lipinski definition) is 7. The molecule has 2 amide bonds. The highest BCUT2D eigenvalue weighted by atomic mass is 32.2. The van der Waals surface area contributed by atoms with Crippen LogP contribution in [0.2, 0.25) is 0 Å². The Morgan fingerprint density at radius 1 is 1.17 bits per heavy atom. The van der Waals surface area contributed by atoms with E-state index in [1.807, 2.05) is 6.92 Å². The van der Waals surface area contributed by atoms with E-state index in [1.54, 1.807) is 19.9 Å². The first kappa shape index (κ1) is 22.4. The largest absolute Gasteiger partial charge is 0.463 e. The summed E-state index contributed by atoms with van der Waals surface area (Å²) in [5, 5.41) is 4.80. The topological polar surface area (TPSA) is 140 Å². The molecular formula is C18H23N3O7S. The molecule has 0 bridgehead atoms. The van der Waals surface area contributed by atoms with Crippen LogP contribution in [0.3, 0.4) is 0 Å². The van der Waals surface area contributed by atoms with Gasteiger partial charge in [-0.25, -0.2) is 18.0 Å². The maximum absolute atomic E-state index is 12.3. The molecule has 1 aliphatic heterocycles. The summed E-state index contributed by atoms with van der Waals surface area (Å²) in [6, 6.07) is 4.06. The molecule has 3 N–H and O–H groups in total. The summed E-state index contributed by atoms with van der Waals surface area (Å²) in [4.78, 5) is 35.4. The first-order valence-electron chi connectivity index (χ1n) is 8.80. The van der Waals surface area contributed by atoms with Crippen molar-refractivity contribution < 1.29 is 32.3 Å². The molecule has 1 aromatic carbocycles. The quantitative estimate of drug-likeness (QED) is 0.507. The van der Waals surface area contributed by atoms with Crippen LogP contribution < -0.4 is 15.4 Å². The smallest absolute Gasteiger partial charge is 0.337 e. The number of rotatable bonds is 8. The summed E-state index contributed by atoms with van der Waals surface area (Å²) >= 11 is 0. The first-order chi connectivity index (χ1) is 13.6. The molecule has 0 spiro atoms. The summed E-state index contributed by atoms with van der Waals surface area (Å²) in [7, 11) is -3.89. The molecule has 0 radical (unpaired) electrons. The van der Waals surface area contributed by atoms with E-state index >= 15 is 0 Å². The van der Waals surface area contributed by atoms with Crippen LogP contribution in [-0.2, 0) is 29.1 Å². The van der Waals surface area contributed by atoms with Crippen LogP contribution in [-0.4, -0.2) is 52.7 Å². The molecule has 10 nitrogen and oxygen atoms in total. The lowest BCUT2D eigenvalue weighted by Gasteiger charge is -2.21. The lowest BCUT2D eigenvalue weighted by Crippen LogP contribution is -2.45. The van der Waals surface area contributed by atoms with Gasteiger partial charge in [-0.1, -0.05) is 6.07 Å². The molecule has 0 saturated heterocycles. The molecule has 0 atom stereocenters. The summed E-state index contributed by atoms with van der Waals surface area (Å²) in [6.07, 6.45) is 0. The maximum atomic E-state index is 12.3. The average molecular weight is 425 g/mol. The highest BCUT2D eigenvalue weighted by Gasteiger charge is 2.25. The summed E-state index contributed by atoms with van der Waals surface area (Å²) in [6.45, 7) is 4.32. The van der Waals surface area contributed by atoms with Crippen molar-refractivity contribution in [2.45, 2.75) is 25.7 Å². The number of carbonyl (C=O) groups excluding carboxylic acids is 3. The van der Waals surface area contributed by atoms with Gasteiger partial charge in [-0.2, -0.15) is 4.72 Å². The number of sulfonamides is 1. The summed E-state index contributed by atoms with van der Waals surface area (Å²) in [5.74, 6) is -1.53. The average Bonchev–Trinajstić information content (AvgIpc) is 2.67. The SMILES string of the molecule is CCOC(=O)C1=C(COC(=O)CNS(=O)(=O)c2ccc(C)c(C)c2)NC(=O)NC1. The molecule has 0 unspecified atom stereocenters. The maximum Gasteiger partial charge on any atom is 0.337 e. The Labute approximate surface area is 168 Å². The van der Waals surface area contributed by atoms with Gasteiger partial charge >= 0.3 is 18.0 Å². The number of amides is 2. The number of nitrogens with one attached hydrogen (secondary N) is 3. The zero-order valence-electron chi connectivity index (χ0n) is 16.3. The van der Waals surface area contributed by atoms with E-state index in [-0.39, 0.29) is 29.3 Å². The van der Waals surface area contributed by atoms with E-state index in [2.05, 4.69) is 15.4 Å². The molecule has 2 rings (SSSR count). The number of esters is 2. The lowest BCUT2D eigenvalue weighted by molar-refractivity contribution is -0.142. The van der Waals surface area contributed by atoms with Crippen molar-refractivity contribution in [3.05, 3.63) is 40.6 Å². The van der Waals surface area contributed by atoms with Crippen LogP contribution in [0, 0.1) is 13.8 Å². The standard InChI is InChI=1S/C18H23N3O7S/c1-4-27-17(23)14-8-19-18(24)21-15(14)10-28-16(22)9-20-29(25,26)13-6-5-11(2)12(3)7-13/h5-7,20H,4,8-10H2,1-3H3,(H2,19,21,24). The van der Waals surface area contributed by atoms with Crippen molar-refractivity contribution in [1.82, 2.24) is 15.4 Å². The Hall–Kier alpha value is -2.92. The molecule has 158 valence electrons. The van der Waals surface area contributed by atoms with E-state index in [4.69, 9.17) is 9.47 Å². The van der Waals surface area contributed by atoms with E-state index in [0.717, 1.165) is 11.1 Å². The lowest BCUT2D eigenvalue weighted by atomic mass is 10.1. The van der Waals surface area contributed by atoms with Crippen LogP contribution in [0.4, 0.5) is 4.79 Å².